The predicted octanol–water partition coefficient (Wildman–Crippen LogP) is 4.41. The van der Waals surface area contributed by atoms with E-state index >= 15 is 0 Å². The third-order valence-corrected chi connectivity index (χ3v) is 4.45. The Hall–Kier alpha value is -2.09. The van der Waals surface area contributed by atoms with Gasteiger partial charge in [-0.25, -0.2) is 0 Å². The molecule has 1 saturated carbocycles. The zero-order chi connectivity index (χ0) is 15.2. The van der Waals surface area contributed by atoms with Gasteiger partial charge in [-0.2, -0.15) is 0 Å². The molecule has 0 N–H and O–H groups in total. The Morgan fingerprint density at radius 2 is 1.27 bits per heavy atom. The molecule has 0 heterocycles. The number of hydrogen-bond donors (Lipinski definition) is 0. The molecular formula is C20H23NO. The molecule has 0 bridgehead atoms. The van der Waals surface area contributed by atoms with Gasteiger partial charge in [0.1, 0.15) is 0 Å². The fraction of sp³-hybridized carbons (Fsp3) is 0.350. The summed E-state index contributed by atoms with van der Waals surface area (Å²) in [7, 11) is 0. The highest BCUT2D eigenvalue weighted by Crippen LogP contribution is 2.27. The highest BCUT2D eigenvalue weighted by atomic mass is 16.2. The molecular weight excluding hydrogens is 270 g/mol. The maximum atomic E-state index is 12.9. The zero-order valence-electron chi connectivity index (χ0n) is 12.9. The molecule has 0 aromatic heterocycles. The van der Waals surface area contributed by atoms with E-state index in [4.69, 9.17) is 0 Å². The van der Waals surface area contributed by atoms with Gasteiger partial charge < -0.3 is 4.90 Å². The first-order chi connectivity index (χ1) is 10.8. The Balaban J connectivity index is 1.76. The smallest absolute Gasteiger partial charge is 0.226 e. The summed E-state index contributed by atoms with van der Waals surface area (Å²) in [6, 6.07) is 20.6. The van der Waals surface area contributed by atoms with Crippen molar-refractivity contribution in [1.82, 2.24) is 4.90 Å². The number of rotatable bonds is 5. The Morgan fingerprint density at radius 3 is 1.73 bits per heavy atom. The van der Waals surface area contributed by atoms with Crippen LogP contribution in [0, 0.1) is 5.92 Å². The molecule has 1 aliphatic rings. The standard InChI is InChI=1S/C20H23NO/c22-20(19-13-7-8-14-19)21(15-17-9-3-1-4-10-17)16-18-11-5-2-6-12-18/h1-6,9-12,19H,7-8,13-16H2. The summed E-state index contributed by atoms with van der Waals surface area (Å²) in [5, 5.41) is 0. The summed E-state index contributed by atoms with van der Waals surface area (Å²) in [5.74, 6) is 0.553. The third kappa shape index (κ3) is 3.76. The Kier molecular flexibility index (Phi) is 4.89. The summed E-state index contributed by atoms with van der Waals surface area (Å²) < 4.78 is 0. The normalized spacial score (nSPS) is 14.9. The lowest BCUT2D eigenvalue weighted by molar-refractivity contribution is -0.136. The van der Waals surface area contributed by atoms with Crippen LogP contribution in [0.4, 0.5) is 0 Å². The first kappa shape index (κ1) is 14.8. The summed E-state index contributed by atoms with van der Waals surface area (Å²) in [6.07, 6.45) is 4.50. The number of hydrogen-bond acceptors (Lipinski definition) is 1. The molecule has 0 radical (unpaired) electrons. The molecule has 2 heteroatoms. The van der Waals surface area contributed by atoms with Crippen LogP contribution in [0.1, 0.15) is 36.8 Å². The third-order valence-electron chi connectivity index (χ3n) is 4.45. The van der Waals surface area contributed by atoms with Crippen LogP contribution in [-0.2, 0) is 17.9 Å². The van der Waals surface area contributed by atoms with Gasteiger partial charge in [0.05, 0.1) is 0 Å². The van der Waals surface area contributed by atoms with Gasteiger partial charge in [0.2, 0.25) is 5.91 Å². The van der Waals surface area contributed by atoms with Crippen molar-refractivity contribution in [2.75, 3.05) is 0 Å². The second-order valence-electron chi connectivity index (χ2n) is 6.15. The van der Waals surface area contributed by atoms with Gasteiger partial charge in [-0.3, -0.25) is 4.79 Å². The molecule has 2 nitrogen and oxygen atoms in total. The fourth-order valence-corrected chi connectivity index (χ4v) is 3.25. The minimum absolute atomic E-state index is 0.229. The summed E-state index contributed by atoms with van der Waals surface area (Å²) in [5.41, 5.74) is 2.40. The first-order valence-corrected chi connectivity index (χ1v) is 8.19. The molecule has 0 spiro atoms. The molecule has 1 fully saturated rings. The number of carbonyl (C=O) groups is 1. The lowest BCUT2D eigenvalue weighted by Crippen LogP contribution is -2.34. The van der Waals surface area contributed by atoms with E-state index in [-0.39, 0.29) is 5.92 Å². The van der Waals surface area contributed by atoms with Crippen LogP contribution in [0.25, 0.3) is 0 Å². The van der Waals surface area contributed by atoms with Gasteiger partial charge in [-0.15, -0.1) is 0 Å². The highest BCUT2D eigenvalue weighted by Gasteiger charge is 2.27. The molecule has 0 aliphatic heterocycles. The number of benzene rings is 2. The largest absolute Gasteiger partial charge is 0.334 e. The van der Waals surface area contributed by atoms with Crippen LogP contribution < -0.4 is 0 Å². The van der Waals surface area contributed by atoms with Crippen LogP contribution in [0.3, 0.4) is 0 Å². The van der Waals surface area contributed by atoms with Gasteiger partial charge in [0, 0.05) is 19.0 Å². The van der Waals surface area contributed by atoms with Crippen molar-refractivity contribution in [3.05, 3.63) is 71.8 Å². The van der Waals surface area contributed by atoms with E-state index in [1.807, 2.05) is 41.3 Å². The minimum atomic E-state index is 0.229. The highest BCUT2D eigenvalue weighted by molar-refractivity contribution is 5.79. The molecule has 2 aromatic carbocycles. The van der Waals surface area contributed by atoms with E-state index in [1.165, 1.54) is 24.0 Å². The van der Waals surface area contributed by atoms with Gasteiger partial charge in [0.15, 0.2) is 0 Å². The molecule has 1 amide bonds. The number of carbonyl (C=O) groups excluding carboxylic acids is 1. The van der Waals surface area contributed by atoms with Crippen molar-refractivity contribution in [2.24, 2.45) is 5.92 Å². The molecule has 22 heavy (non-hydrogen) atoms. The Morgan fingerprint density at radius 1 is 0.818 bits per heavy atom. The maximum absolute atomic E-state index is 12.9. The second kappa shape index (κ2) is 7.26. The van der Waals surface area contributed by atoms with Crippen LogP contribution in [-0.4, -0.2) is 10.8 Å². The predicted molar refractivity (Wildman–Crippen MR) is 89.1 cm³/mol. The van der Waals surface area contributed by atoms with Crippen LogP contribution >= 0.6 is 0 Å². The SMILES string of the molecule is O=C(C1CCCC1)N(Cc1ccccc1)Cc1ccccc1. The van der Waals surface area contributed by atoms with E-state index in [0.717, 1.165) is 12.8 Å². The first-order valence-electron chi connectivity index (χ1n) is 8.19. The quantitative estimate of drug-likeness (QED) is 0.800. The van der Waals surface area contributed by atoms with Crippen LogP contribution in [0.15, 0.2) is 60.7 Å². The van der Waals surface area contributed by atoms with E-state index in [9.17, 15) is 4.79 Å². The summed E-state index contributed by atoms with van der Waals surface area (Å²) in [6.45, 7) is 1.40. The second-order valence-corrected chi connectivity index (χ2v) is 6.15. The molecule has 0 saturated heterocycles. The van der Waals surface area contributed by atoms with Crippen molar-refractivity contribution in [3.8, 4) is 0 Å². The van der Waals surface area contributed by atoms with E-state index in [1.54, 1.807) is 0 Å². The van der Waals surface area contributed by atoms with Gasteiger partial charge in [-0.1, -0.05) is 73.5 Å². The molecule has 3 rings (SSSR count). The van der Waals surface area contributed by atoms with Crippen molar-refractivity contribution in [1.29, 1.82) is 0 Å². The molecule has 2 aromatic rings. The maximum Gasteiger partial charge on any atom is 0.226 e. The molecule has 114 valence electrons. The average molecular weight is 293 g/mol. The van der Waals surface area contributed by atoms with E-state index in [0.29, 0.717) is 19.0 Å². The van der Waals surface area contributed by atoms with Crippen molar-refractivity contribution >= 4 is 5.91 Å². The van der Waals surface area contributed by atoms with Crippen molar-refractivity contribution in [3.63, 3.8) is 0 Å². The average Bonchev–Trinajstić information content (AvgIpc) is 3.10. The van der Waals surface area contributed by atoms with E-state index in [2.05, 4.69) is 24.3 Å². The van der Waals surface area contributed by atoms with Crippen molar-refractivity contribution in [2.45, 2.75) is 38.8 Å². The minimum Gasteiger partial charge on any atom is -0.334 e. The molecule has 0 unspecified atom stereocenters. The number of amides is 1. The lowest BCUT2D eigenvalue weighted by atomic mass is 10.0. The molecule has 1 aliphatic carbocycles. The zero-order valence-corrected chi connectivity index (χ0v) is 12.9. The van der Waals surface area contributed by atoms with Gasteiger partial charge in [0.25, 0.3) is 0 Å². The summed E-state index contributed by atoms with van der Waals surface area (Å²) >= 11 is 0. The monoisotopic (exact) mass is 293 g/mol. The van der Waals surface area contributed by atoms with Gasteiger partial charge >= 0.3 is 0 Å². The lowest BCUT2D eigenvalue weighted by Gasteiger charge is -2.26. The number of nitrogens with zero attached hydrogens (tertiary/aromatic N) is 1. The topological polar surface area (TPSA) is 20.3 Å². The Labute approximate surface area is 132 Å². The van der Waals surface area contributed by atoms with Crippen LogP contribution in [0.2, 0.25) is 0 Å². The summed E-state index contributed by atoms with van der Waals surface area (Å²) in [4.78, 5) is 14.9. The Bertz CT molecular complexity index is 546. The van der Waals surface area contributed by atoms with Gasteiger partial charge in [-0.05, 0) is 24.0 Å². The fourth-order valence-electron chi connectivity index (χ4n) is 3.25. The molecule has 0 atom stereocenters. The van der Waals surface area contributed by atoms with Crippen molar-refractivity contribution < 1.29 is 4.79 Å². The van der Waals surface area contributed by atoms with E-state index < -0.39 is 0 Å². The van der Waals surface area contributed by atoms with Crippen LogP contribution in [0.5, 0.6) is 0 Å².